The maximum atomic E-state index is 13.8. The number of halogens is 1. The lowest BCUT2D eigenvalue weighted by molar-refractivity contribution is 0.0600. The molecule has 1 fully saturated rings. The SMILES string of the molecule is COC(=O)c1ccc(C2CC(Cc3cccc(S(=O)(=O)c4ccc(N)c(F)c4)c3)C2)cc1. The first-order valence-corrected chi connectivity index (χ1v) is 11.8. The lowest BCUT2D eigenvalue weighted by atomic mass is 9.69. The molecule has 1 aliphatic carbocycles. The number of carbonyl (C=O) groups excluding carboxylic acids is 1. The Morgan fingerprint density at radius 1 is 1.03 bits per heavy atom. The van der Waals surface area contributed by atoms with E-state index in [4.69, 9.17) is 10.5 Å². The fraction of sp³-hybridized carbons (Fsp3) is 0.240. The molecule has 1 aliphatic rings. The summed E-state index contributed by atoms with van der Waals surface area (Å²) in [6, 6.07) is 17.9. The van der Waals surface area contributed by atoms with Gasteiger partial charge in [-0.25, -0.2) is 17.6 Å². The Balaban J connectivity index is 1.42. The fourth-order valence-corrected chi connectivity index (χ4v) is 5.51. The molecule has 3 aromatic carbocycles. The Labute approximate surface area is 187 Å². The smallest absolute Gasteiger partial charge is 0.337 e. The van der Waals surface area contributed by atoms with Gasteiger partial charge in [-0.05, 0) is 84.7 Å². The Bertz CT molecular complexity index is 1250. The summed E-state index contributed by atoms with van der Waals surface area (Å²) < 4.78 is 44.3. The van der Waals surface area contributed by atoms with Gasteiger partial charge in [-0.15, -0.1) is 0 Å². The predicted octanol–water partition coefficient (Wildman–Crippen LogP) is 4.76. The zero-order valence-electron chi connectivity index (χ0n) is 17.6. The molecule has 0 aromatic heterocycles. The van der Waals surface area contributed by atoms with Crippen LogP contribution in [0.25, 0.3) is 0 Å². The quantitative estimate of drug-likeness (QED) is 0.429. The Kier molecular flexibility index (Phi) is 6.02. The third-order valence-corrected chi connectivity index (χ3v) is 7.80. The zero-order chi connectivity index (χ0) is 22.9. The van der Waals surface area contributed by atoms with Crippen molar-refractivity contribution in [2.45, 2.75) is 35.0 Å². The van der Waals surface area contributed by atoms with Crippen LogP contribution in [0.15, 0.2) is 76.5 Å². The van der Waals surface area contributed by atoms with Crippen molar-refractivity contribution in [2.75, 3.05) is 12.8 Å². The van der Waals surface area contributed by atoms with Gasteiger partial charge in [-0.2, -0.15) is 0 Å². The van der Waals surface area contributed by atoms with Gasteiger partial charge < -0.3 is 10.5 Å². The average molecular weight is 454 g/mol. The lowest BCUT2D eigenvalue weighted by Gasteiger charge is -2.36. The van der Waals surface area contributed by atoms with Crippen molar-refractivity contribution in [1.82, 2.24) is 0 Å². The second kappa shape index (κ2) is 8.74. The topological polar surface area (TPSA) is 86.5 Å². The summed E-state index contributed by atoms with van der Waals surface area (Å²) in [4.78, 5) is 11.6. The highest BCUT2D eigenvalue weighted by Crippen LogP contribution is 2.43. The third kappa shape index (κ3) is 4.39. The van der Waals surface area contributed by atoms with Crippen LogP contribution in [0.2, 0.25) is 0 Å². The van der Waals surface area contributed by atoms with Gasteiger partial charge in [0.25, 0.3) is 0 Å². The van der Waals surface area contributed by atoms with E-state index in [9.17, 15) is 17.6 Å². The number of methoxy groups -OCH3 is 1. The lowest BCUT2D eigenvalue weighted by Crippen LogP contribution is -2.23. The van der Waals surface area contributed by atoms with Crippen molar-refractivity contribution < 1.29 is 22.3 Å². The number of hydrogen-bond donors (Lipinski definition) is 1. The van der Waals surface area contributed by atoms with Crippen molar-refractivity contribution in [3.8, 4) is 0 Å². The van der Waals surface area contributed by atoms with Crippen LogP contribution in [-0.4, -0.2) is 21.5 Å². The van der Waals surface area contributed by atoms with Crippen molar-refractivity contribution in [1.29, 1.82) is 0 Å². The monoisotopic (exact) mass is 453 g/mol. The number of ether oxygens (including phenoxy) is 1. The second-order valence-corrected chi connectivity index (χ2v) is 10.1. The molecular weight excluding hydrogens is 429 g/mol. The number of esters is 1. The van der Waals surface area contributed by atoms with Gasteiger partial charge in [0, 0.05) is 0 Å². The molecule has 3 aromatic rings. The fourth-order valence-electron chi connectivity index (χ4n) is 4.17. The highest BCUT2D eigenvalue weighted by molar-refractivity contribution is 7.91. The molecule has 0 radical (unpaired) electrons. The normalized spacial score (nSPS) is 18.1. The summed E-state index contributed by atoms with van der Waals surface area (Å²) >= 11 is 0. The summed E-state index contributed by atoms with van der Waals surface area (Å²) in [6.07, 6.45) is 2.77. The first-order chi connectivity index (χ1) is 15.3. The number of nitrogens with two attached hydrogens (primary N) is 1. The summed E-state index contributed by atoms with van der Waals surface area (Å²) in [6.45, 7) is 0. The number of anilines is 1. The summed E-state index contributed by atoms with van der Waals surface area (Å²) in [5.74, 6) is -0.217. The molecule has 1 saturated carbocycles. The van der Waals surface area contributed by atoms with Gasteiger partial charge in [-0.1, -0.05) is 24.3 Å². The van der Waals surface area contributed by atoms with Crippen LogP contribution in [-0.2, 0) is 21.0 Å². The van der Waals surface area contributed by atoms with Crippen LogP contribution in [0.3, 0.4) is 0 Å². The van der Waals surface area contributed by atoms with Crippen LogP contribution in [0.4, 0.5) is 10.1 Å². The van der Waals surface area contributed by atoms with E-state index >= 15 is 0 Å². The van der Waals surface area contributed by atoms with E-state index in [0.29, 0.717) is 17.4 Å². The molecule has 0 saturated heterocycles. The molecule has 0 spiro atoms. The number of nitrogen functional groups attached to an aromatic ring is 1. The Morgan fingerprint density at radius 3 is 2.38 bits per heavy atom. The molecule has 0 bridgehead atoms. The number of carbonyl (C=O) groups is 1. The standard InChI is InChI=1S/C25H24FNO4S/c1-31-25(28)19-7-5-18(6-8-19)20-12-17(13-20)11-16-3-2-4-21(14-16)32(29,30)22-9-10-24(27)23(26)15-22/h2-10,14-15,17,20H,11-13,27H2,1H3. The van der Waals surface area contributed by atoms with Gasteiger partial charge >= 0.3 is 5.97 Å². The summed E-state index contributed by atoms with van der Waals surface area (Å²) in [5.41, 5.74) is 8.04. The van der Waals surface area contributed by atoms with Gasteiger partial charge in [-0.3, -0.25) is 0 Å². The molecule has 166 valence electrons. The van der Waals surface area contributed by atoms with Crippen molar-refractivity contribution >= 4 is 21.5 Å². The number of benzene rings is 3. The van der Waals surface area contributed by atoms with E-state index < -0.39 is 15.7 Å². The highest BCUT2D eigenvalue weighted by Gasteiger charge is 2.30. The van der Waals surface area contributed by atoms with Crippen LogP contribution in [0.5, 0.6) is 0 Å². The van der Waals surface area contributed by atoms with Crippen molar-refractivity contribution in [3.05, 3.63) is 89.2 Å². The van der Waals surface area contributed by atoms with Crippen LogP contribution < -0.4 is 5.73 Å². The first kappa shape index (κ1) is 22.0. The van der Waals surface area contributed by atoms with E-state index in [1.165, 1.54) is 30.9 Å². The number of hydrogen-bond acceptors (Lipinski definition) is 5. The second-order valence-electron chi connectivity index (χ2n) is 8.19. The average Bonchev–Trinajstić information content (AvgIpc) is 2.77. The molecule has 0 amide bonds. The van der Waals surface area contributed by atoms with Crippen molar-refractivity contribution in [2.24, 2.45) is 5.92 Å². The minimum absolute atomic E-state index is 0.0859. The molecular formula is C25H24FNO4S. The van der Waals surface area contributed by atoms with Gasteiger partial charge in [0.2, 0.25) is 9.84 Å². The summed E-state index contributed by atoms with van der Waals surface area (Å²) in [7, 11) is -2.46. The molecule has 0 atom stereocenters. The molecule has 5 nitrogen and oxygen atoms in total. The zero-order valence-corrected chi connectivity index (χ0v) is 18.4. The minimum Gasteiger partial charge on any atom is -0.465 e. The molecule has 4 rings (SSSR count). The van der Waals surface area contributed by atoms with E-state index in [2.05, 4.69) is 0 Å². The summed E-state index contributed by atoms with van der Waals surface area (Å²) in [5, 5.41) is 0. The van der Waals surface area contributed by atoms with Gasteiger partial charge in [0.1, 0.15) is 5.82 Å². The predicted molar refractivity (Wildman–Crippen MR) is 120 cm³/mol. The van der Waals surface area contributed by atoms with E-state index in [0.717, 1.165) is 30.9 Å². The molecule has 32 heavy (non-hydrogen) atoms. The molecule has 2 N–H and O–H groups in total. The molecule has 0 heterocycles. The molecule has 7 heteroatoms. The minimum atomic E-state index is -3.83. The largest absolute Gasteiger partial charge is 0.465 e. The van der Waals surface area contributed by atoms with Crippen LogP contribution in [0.1, 0.15) is 40.2 Å². The molecule has 0 unspecified atom stereocenters. The number of rotatable bonds is 6. The highest BCUT2D eigenvalue weighted by atomic mass is 32.2. The van der Waals surface area contributed by atoms with Gasteiger partial charge in [0.15, 0.2) is 0 Å². The first-order valence-electron chi connectivity index (χ1n) is 10.3. The van der Waals surface area contributed by atoms with Crippen LogP contribution in [0, 0.1) is 11.7 Å². The molecule has 0 aliphatic heterocycles. The van der Waals surface area contributed by atoms with Crippen LogP contribution >= 0.6 is 0 Å². The maximum Gasteiger partial charge on any atom is 0.337 e. The Hall–Kier alpha value is -3.19. The van der Waals surface area contributed by atoms with E-state index in [1.54, 1.807) is 24.3 Å². The van der Waals surface area contributed by atoms with Gasteiger partial charge in [0.05, 0.1) is 28.2 Å². The van der Waals surface area contributed by atoms with Crippen molar-refractivity contribution in [3.63, 3.8) is 0 Å². The Morgan fingerprint density at radius 2 is 1.72 bits per heavy atom. The third-order valence-electron chi connectivity index (χ3n) is 6.05. The maximum absolute atomic E-state index is 13.8. The van der Waals surface area contributed by atoms with E-state index in [-0.39, 0.29) is 21.4 Å². The number of sulfone groups is 1. The van der Waals surface area contributed by atoms with E-state index in [1.807, 2.05) is 18.2 Å².